The van der Waals surface area contributed by atoms with Crippen LogP contribution in [0.5, 0.6) is 11.5 Å². The van der Waals surface area contributed by atoms with Crippen molar-refractivity contribution in [2.75, 3.05) is 6.61 Å². The third kappa shape index (κ3) is 3.64. The van der Waals surface area contributed by atoms with Crippen LogP contribution in [0.3, 0.4) is 0 Å². The molecule has 0 radical (unpaired) electrons. The number of nitrogens with zero attached hydrogens (tertiary/aromatic N) is 1. The normalized spacial score (nSPS) is 10.8. The molecule has 0 amide bonds. The highest BCUT2D eigenvalue weighted by atomic mass is 16.6. The number of phenols is 1. The molecule has 0 unspecified atom stereocenters. The van der Waals surface area contributed by atoms with Gasteiger partial charge in [-0.2, -0.15) is 0 Å². The van der Waals surface area contributed by atoms with Crippen LogP contribution in [0.2, 0.25) is 0 Å². The number of ether oxygens (including phenoxy) is 1. The molecule has 0 bridgehead atoms. The van der Waals surface area contributed by atoms with Gasteiger partial charge in [0.15, 0.2) is 11.5 Å². The lowest BCUT2D eigenvalue weighted by molar-refractivity contribution is -0.386. The van der Waals surface area contributed by atoms with Crippen molar-refractivity contribution in [3.63, 3.8) is 0 Å². The first-order valence-electron chi connectivity index (χ1n) is 6.57. The molecule has 1 heterocycles. The van der Waals surface area contributed by atoms with Gasteiger partial charge in [0.05, 0.1) is 11.5 Å². The zero-order valence-electron chi connectivity index (χ0n) is 12.0. The van der Waals surface area contributed by atoms with Crippen LogP contribution in [-0.2, 0) is 0 Å². The largest absolute Gasteiger partial charge is 0.504 e. The second-order valence-electron chi connectivity index (χ2n) is 4.42. The monoisotopic (exact) mass is 319 g/mol. The topological polar surface area (TPSA) is 138 Å². The molecule has 0 atom stereocenters. The number of nitrogens with one attached hydrogen (secondary N) is 2. The van der Waals surface area contributed by atoms with Gasteiger partial charge < -0.3 is 14.8 Å². The first kappa shape index (κ1) is 16.0. The van der Waals surface area contributed by atoms with Crippen molar-refractivity contribution in [2.45, 2.75) is 6.92 Å². The summed E-state index contributed by atoms with van der Waals surface area (Å²) in [6.45, 7) is 2.11. The third-order valence-electron chi connectivity index (χ3n) is 2.85. The van der Waals surface area contributed by atoms with E-state index in [-0.39, 0.29) is 17.2 Å². The van der Waals surface area contributed by atoms with Gasteiger partial charge in [0.25, 0.3) is 0 Å². The van der Waals surface area contributed by atoms with E-state index in [9.17, 15) is 24.8 Å². The van der Waals surface area contributed by atoms with Gasteiger partial charge in [-0.25, -0.2) is 4.79 Å². The van der Waals surface area contributed by atoms with E-state index in [1.807, 2.05) is 0 Å². The molecule has 2 aromatic rings. The van der Waals surface area contributed by atoms with Gasteiger partial charge in [0.2, 0.25) is 0 Å². The minimum absolute atomic E-state index is 0.0421. The van der Waals surface area contributed by atoms with Gasteiger partial charge >= 0.3 is 16.9 Å². The van der Waals surface area contributed by atoms with Gasteiger partial charge in [0, 0.05) is 0 Å². The number of phenolic OH excluding ortho intramolecular Hbond substituents is 1. The number of aromatic nitrogens is 2. The van der Waals surface area contributed by atoms with Crippen molar-refractivity contribution in [1.82, 2.24) is 9.97 Å². The lowest BCUT2D eigenvalue weighted by Crippen LogP contribution is -2.25. The van der Waals surface area contributed by atoms with E-state index < -0.39 is 21.9 Å². The predicted octanol–water partition coefficient (Wildman–Crippen LogP) is 1.25. The fourth-order valence-corrected chi connectivity index (χ4v) is 1.88. The number of hydrogen-bond donors (Lipinski definition) is 3. The number of benzene rings is 1. The fraction of sp³-hybridized carbons (Fsp3) is 0.143. The zero-order chi connectivity index (χ0) is 17.0. The van der Waals surface area contributed by atoms with Crippen molar-refractivity contribution in [2.24, 2.45) is 0 Å². The van der Waals surface area contributed by atoms with Crippen LogP contribution >= 0.6 is 0 Å². The summed E-state index contributed by atoms with van der Waals surface area (Å²) < 4.78 is 5.22. The molecule has 23 heavy (non-hydrogen) atoms. The minimum Gasteiger partial charge on any atom is -0.504 e. The second-order valence-corrected chi connectivity index (χ2v) is 4.42. The lowest BCUT2D eigenvalue weighted by Gasteiger charge is -2.06. The zero-order valence-corrected chi connectivity index (χ0v) is 12.0. The van der Waals surface area contributed by atoms with Crippen molar-refractivity contribution >= 4 is 17.8 Å². The highest BCUT2D eigenvalue weighted by Gasteiger charge is 2.18. The average molecular weight is 319 g/mol. The summed E-state index contributed by atoms with van der Waals surface area (Å²) in [6, 6.07) is 4.47. The summed E-state index contributed by atoms with van der Waals surface area (Å²) in [7, 11) is 0. The molecule has 9 heteroatoms. The average Bonchev–Trinajstić information content (AvgIpc) is 2.47. The molecular formula is C14H13N3O6. The molecule has 0 saturated heterocycles. The number of aromatic hydroxyl groups is 1. The molecule has 2 rings (SSSR count). The smallest absolute Gasteiger partial charge is 0.357 e. The quantitative estimate of drug-likeness (QED) is 0.560. The second kappa shape index (κ2) is 6.60. The van der Waals surface area contributed by atoms with E-state index >= 15 is 0 Å². The number of nitro groups is 1. The number of rotatable bonds is 5. The van der Waals surface area contributed by atoms with Crippen LogP contribution < -0.4 is 16.0 Å². The van der Waals surface area contributed by atoms with Gasteiger partial charge in [-0.05, 0) is 30.7 Å². The summed E-state index contributed by atoms with van der Waals surface area (Å²) in [5, 5.41) is 20.5. The molecule has 1 aromatic carbocycles. The molecule has 9 nitrogen and oxygen atoms in total. The molecule has 0 aliphatic carbocycles. The fourth-order valence-electron chi connectivity index (χ4n) is 1.88. The van der Waals surface area contributed by atoms with E-state index in [2.05, 4.69) is 4.98 Å². The third-order valence-corrected chi connectivity index (χ3v) is 2.85. The van der Waals surface area contributed by atoms with Crippen LogP contribution in [0.15, 0.2) is 27.8 Å². The molecule has 120 valence electrons. The molecule has 0 aliphatic rings. The Morgan fingerprint density at radius 2 is 2.04 bits per heavy atom. The van der Waals surface area contributed by atoms with Gasteiger partial charge in [0.1, 0.15) is 5.69 Å². The van der Waals surface area contributed by atoms with Crippen LogP contribution in [0.1, 0.15) is 18.2 Å². The van der Waals surface area contributed by atoms with Gasteiger partial charge in [-0.15, -0.1) is 0 Å². The van der Waals surface area contributed by atoms with Crippen molar-refractivity contribution in [3.8, 4) is 11.5 Å². The highest BCUT2D eigenvalue weighted by Crippen LogP contribution is 2.27. The Morgan fingerprint density at radius 1 is 1.30 bits per heavy atom. The highest BCUT2D eigenvalue weighted by molar-refractivity contribution is 5.72. The van der Waals surface area contributed by atoms with E-state index in [0.29, 0.717) is 12.2 Å². The predicted molar refractivity (Wildman–Crippen MR) is 82.5 cm³/mol. The van der Waals surface area contributed by atoms with Gasteiger partial charge in [-0.3, -0.25) is 19.9 Å². The van der Waals surface area contributed by atoms with Gasteiger partial charge in [-0.1, -0.05) is 12.1 Å². The summed E-state index contributed by atoms with van der Waals surface area (Å²) in [5.74, 6) is 0.211. The Balaban J connectivity index is 2.45. The maximum Gasteiger partial charge on any atom is 0.357 e. The first-order valence-corrected chi connectivity index (χ1v) is 6.57. The number of hydrogen-bond acceptors (Lipinski definition) is 6. The summed E-state index contributed by atoms with van der Waals surface area (Å²) in [6.07, 6.45) is 2.68. The maximum atomic E-state index is 11.5. The van der Waals surface area contributed by atoms with Crippen molar-refractivity contribution < 1.29 is 14.8 Å². The lowest BCUT2D eigenvalue weighted by atomic mass is 10.1. The van der Waals surface area contributed by atoms with Crippen LogP contribution in [-0.4, -0.2) is 26.6 Å². The summed E-state index contributed by atoms with van der Waals surface area (Å²) >= 11 is 0. The van der Waals surface area contributed by atoms with E-state index in [1.165, 1.54) is 24.3 Å². The van der Waals surface area contributed by atoms with E-state index in [4.69, 9.17) is 4.74 Å². The number of H-pyrrole nitrogens is 2. The SMILES string of the molecule is CCOc1cc(/C=C\c2[nH]c(=O)[nH]c(=O)c2[N+](=O)[O-])ccc1O. The minimum atomic E-state index is -1.08. The Morgan fingerprint density at radius 3 is 2.70 bits per heavy atom. The Bertz CT molecular complexity index is 881. The molecule has 1 aromatic heterocycles. The maximum absolute atomic E-state index is 11.5. The van der Waals surface area contributed by atoms with Crippen LogP contribution in [0.25, 0.3) is 12.2 Å². The van der Waals surface area contributed by atoms with E-state index in [0.717, 1.165) is 0 Å². The Labute approximate surface area is 129 Å². The summed E-state index contributed by atoms with van der Waals surface area (Å²) in [4.78, 5) is 36.8. The summed E-state index contributed by atoms with van der Waals surface area (Å²) in [5.41, 5.74) is -2.36. The van der Waals surface area contributed by atoms with Crippen LogP contribution in [0, 0.1) is 10.1 Å². The number of aromatic amines is 2. The van der Waals surface area contributed by atoms with E-state index in [1.54, 1.807) is 18.0 Å². The molecule has 0 saturated carbocycles. The molecule has 0 fully saturated rings. The molecule has 0 aliphatic heterocycles. The Hall–Kier alpha value is -3.36. The standard InChI is InChI=1S/C14H13N3O6/c1-2-23-11-7-8(4-6-10(11)18)3-5-9-12(17(21)22)13(19)16-14(20)15-9/h3-7,18H,2H2,1H3,(H2,15,16,19,20)/b5-3-. The molecule has 3 N–H and O–H groups in total. The molecular weight excluding hydrogens is 306 g/mol. The van der Waals surface area contributed by atoms with Crippen molar-refractivity contribution in [3.05, 3.63) is 60.4 Å². The first-order chi connectivity index (χ1) is 10.9. The van der Waals surface area contributed by atoms with Crippen molar-refractivity contribution in [1.29, 1.82) is 0 Å². The molecule has 0 spiro atoms. The van der Waals surface area contributed by atoms with Crippen LogP contribution in [0.4, 0.5) is 5.69 Å². The Kier molecular flexibility index (Phi) is 4.60.